The fourth-order valence-corrected chi connectivity index (χ4v) is 3.97. The number of hydrogen-bond acceptors (Lipinski definition) is 4. The summed E-state index contributed by atoms with van der Waals surface area (Å²) in [6.07, 6.45) is 3.09. The summed E-state index contributed by atoms with van der Waals surface area (Å²) >= 11 is 0. The normalized spacial score (nSPS) is 14.9. The maximum atomic E-state index is 13.0. The molecule has 5 nitrogen and oxygen atoms in total. The van der Waals surface area contributed by atoms with E-state index in [0.717, 1.165) is 54.9 Å². The van der Waals surface area contributed by atoms with Gasteiger partial charge in [-0.1, -0.05) is 0 Å². The van der Waals surface area contributed by atoms with E-state index in [4.69, 9.17) is 9.15 Å². The van der Waals surface area contributed by atoms with Crippen LogP contribution in [-0.2, 0) is 11.2 Å². The van der Waals surface area contributed by atoms with Gasteiger partial charge in [0.25, 0.3) is 0 Å². The Balaban J connectivity index is 1.42. The first-order valence-corrected chi connectivity index (χ1v) is 10.2. The highest BCUT2D eigenvalue weighted by Gasteiger charge is 2.21. The minimum Gasteiger partial charge on any atom is -0.497 e. The lowest BCUT2D eigenvalue weighted by Crippen LogP contribution is -2.36. The van der Waals surface area contributed by atoms with Crippen molar-refractivity contribution in [1.29, 1.82) is 0 Å². The van der Waals surface area contributed by atoms with Crippen molar-refractivity contribution in [2.45, 2.75) is 26.7 Å². The number of furan rings is 1. The van der Waals surface area contributed by atoms with Gasteiger partial charge in [0.15, 0.2) is 0 Å². The molecule has 1 saturated heterocycles. The van der Waals surface area contributed by atoms with Crippen molar-refractivity contribution in [3.63, 3.8) is 0 Å². The maximum absolute atomic E-state index is 13.0. The molecule has 0 radical (unpaired) electrons. The molecule has 1 amide bonds. The summed E-state index contributed by atoms with van der Waals surface area (Å²) in [5.41, 5.74) is 5.43. The zero-order valence-electron chi connectivity index (χ0n) is 17.4. The van der Waals surface area contributed by atoms with Crippen molar-refractivity contribution < 1.29 is 13.9 Å². The van der Waals surface area contributed by atoms with Gasteiger partial charge in [0.05, 0.1) is 19.8 Å². The Morgan fingerprint density at radius 3 is 2.55 bits per heavy atom. The van der Waals surface area contributed by atoms with E-state index in [9.17, 15) is 4.79 Å². The third kappa shape index (κ3) is 4.09. The number of fused-ring (bicyclic) bond motifs is 1. The molecule has 0 bridgehead atoms. The van der Waals surface area contributed by atoms with Crippen LogP contribution in [-0.4, -0.2) is 44.1 Å². The number of ether oxygens (including phenoxy) is 1. The standard InChI is InChI=1S/C24H28N2O3/c1-17-13-22-19(16-29-23(22)14-18(17)2)15-24(27)26-10-4-9-25(11-12-26)20-5-7-21(28-3)8-6-20/h5-8,13-14,16H,4,9-12,15H2,1-3H3. The first-order chi connectivity index (χ1) is 14.0. The van der Waals surface area contributed by atoms with E-state index >= 15 is 0 Å². The second kappa shape index (κ2) is 8.19. The number of benzene rings is 2. The fourth-order valence-electron chi connectivity index (χ4n) is 3.97. The van der Waals surface area contributed by atoms with Crippen LogP contribution in [0.3, 0.4) is 0 Å². The average molecular weight is 392 g/mol. The van der Waals surface area contributed by atoms with E-state index < -0.39 is 0 Å². The van der Waals surface area contributed by atoms with Crippen molar-refractivity contribution in [1.82, 2.24) is 4.90 Å². The Morgan fingerprint density at radius 2 is 1.79 bits per heavy atom. The maximum Gasteiger partial charge on any atom is 0.227 e. The third-order valence-corrected chi connectivity index (χ3v) is 5.90. The Morgan fingerprint density at radius 1 is 1.03 bits per heavy atom. The van der Waals surface area contributed by atoms with Crippen LogP contribution in [0.2, 0.25) is 0 Å². The van der Waals surface area contributed by atoms with Crippen LogP contribution in [0.15, 0.2) is 47.1 Å². The molecule has 0 unspecified atom stereocenters. The van der Waals surface area contributed by atoms with Gasteiger partial charge in [-0.15, -0.1) is 0 Å². The third-order valence-electron chi connectivity index (χ3n) is 5.90. The van der Waals surface area contributed by atoms with Crippen LogP contribution in [0.1, 0.15) is 23.1 Å². The molecule has 0 saturated carbocycles. The van der Waals surface area contributed by atoms with E-state index in [-0.39, 0.29) is 5.91 Å². The monoisotopic (exact) mass is 392 g/mol. The molecule has 1 fully saturated rings. The molecule has 3 aromatic rings. The number of aryl methyl sites for hydroxylation is 2. The number of nitrogens with zero attached hydrogens (tertiary/aromatic N) is 2. The second-order valence-electron chi connectivity index (χ2n) is 7.79. The molecule has 0 atom stereocenters. The average Bonchev–Trinajstić information content (AvgIpc) is 2.94. The van der Waals surface area contributed by atoms with Crippen molar-refractivity contribution in [3.8, 4) is 5.75 Å². The van der Waals surface area contributed by atoms with Gasteiger partial charge in [0, 0.05) is 42.8 Å². The van der Waals surface area contributed by atoms with Crippen LogP contribution >= 0.6 is 0 Å². The van der Waals surface area contributed by atoms with Crippen LogP contribution in [0.4, 0.5) is 5.69 Å². The molecule has 0 aliphatic carbocycles. The number of carbonyl (C=O) groups is 1. The minimum atomic E-state index is 0.169. The summed E-state index contributed by atoms with van der Waals surface area (Å²) in [4.78, 5) is 17.3. The van der Waals surface area contributed by atoms with E-state index in [1.807, 2.05) is 17.0 Å². The summed E-state index contributed by atoms with van der Waals surface area (Å²) in [5, 5.41) is 1.05. The summed E-state index contributed by atoms with van der Waals surface area (Å²) in [7, 11) is 1.68. The van der Waals surface area contributed by atoms with Gasteiger partial charge >= 0.3 is 0 Å². The smallest absolute Gasteiger partial charge is 0.227 e. The zero-order valence-corrected chi connectivity index (χ0v) is 17.4. The minimum absolute atomic E-state index is 0.169. The van der Waals surface area contributed by atoms with Gasteiger partial charge < -0.3 is 19.0 Å². The first kappa shape index (κ1) is 19.4. The topological polar surface area (TPSA) is 45.9 Å². The van der Waals surface area contributed by atoms with Crippen LogP contribution in [0.5, 0.6) is 5.75 Å². The van der Waals surface area contributed by atoms with Crippen LogP contribution in [0, 0.1) is 13.8 Å². The number of carbonyl (C=O) groups excluding carboxylic acids is 1. The van der Waals surface area contributed by atoms with E-state index in [0.29, 0.717) is 6.42 Å². The number of anilines is 1. The van der Waals surface area contributed by atoms with Crippen molar-refractivity contribution >= 4 is 22.6 Å². The summed E-state index contributed by atoms with van der Waals surface area (Å²) < 4.78 is 10.9. The van der Waals surface area contributed by atoms with Crippen molar-refractivity contribution in [2.24, 2.45) is 0 Å². The molecular weight excluding hydrogens is 364 g/mol. The molecule has 2 aromatic carbocycles. The van der Waals surface area contributed by atoms with Gasteiger partial charge in [-0.2, -0.15) is 0 Å². The van der Waals surface area contributed by atoms with Crippen LogP contribution in [0.25, 0.3) is 11.0 Å². The predicted molar refractivity (Wildman–Crippen MR) is 116 cm³/mol. The number of rotatable bonds is 4. The van der Waals surface area contributed by atoms with Gasteiger partial charge in [-0.05, 0) is 67.8 Å². The fraction of sp³-hybridized carbons (Fsp3) is 0.375. The molecule has 0 N–H and O–H groups in total. The Hall–Kier alpha value is -2.95. The number of hydrogen-bond donors (Lipinski definition) is 0. The summed E-state index contributed by atoms with van der Waals surface area (Å²) in [5.74, 6) is 1.03. The Bertz CT molecular complexity index is 1010. The zero-order chi connectivity index (χ0) is 20.4. The molecule has 5 heteroatoms. The van der Waals surface area contributed by atoms with Crippen LogP contribution < -0.4 is 9.64 Å². The molecule has 29 heavy (non-hydrogen) atoms. The lowest BCUT2D eigenvalue weighted by atomic mass is 10.0. The molecule has 1 aliphatic heterocycles. The van der Waals surface area contributed by atoms with E-state index in [2.05, 4.69) is 43.0 Å². The SMILES string of the molecule is COc1ccc(N2CCCN(C(=O)Cc3coc4cc(C)c(C)cc34)CC2)cc1. The lowest BCUT2D eigenvalue weighted by molar-refractivity contribution is -0.130. The summed E-state index contributed by atoms with van der Waals surface area (Å²) in [6.45, 7) is 7.48. The largest absolute Gasteiger partial charge is 0.497 e. The highest BCUT2D eigenvalue weighted by molar-refractivity contribution is 5.88. The molecule has 2 heterocycles. The Kier molecular flexibility index (Phi) is 5.47. The van der Waals surface area contributed by atoms with E-state index in [1.54, 1.807) is 13.4 Å². The molecule has 1 aliphatic rings. The lowest BCUT2D eigenvalue weighted by Gasteiger charge is -2.24. The molecule has 4 rings (SSSR count). The van der Waals surface area contributed by atoms with Gasteiger partial charge in [-0.3, -0.25) is 4.79 Å². The quantitative estimate of drug-likeness (QED) is 0.663. The first-order valence-electron chi connectivity index (χ1n) is 10.2. The van der Waals surface area contributed by atoms with Gasteiger partial charge in [-0.25, -0.2) is 0 Å². The van der Waals surface area contributed by atoms with Crippen molar-refractivity contribution in [2.75, 3.05) is 38.2 Å². The molecule has 1 aromatic heterocycles. The second-order valence-corrected chi connectivity index (χ2v) is 7.79. The Labute approximate surface area is 171 Å². The highest BCUT2D eigenvalue weighted by atomic mass is 16.5. The highest BCUT2D eigenvalue weighted by Crippen LogP contribution is 2.26. The summed E-state index contributed by atoms with van der Waals surface area (Å²) in [6, 6.07) is 12.3. The van der Waals surface area contributed by atoms with Crippen molar-refractivity contribution in [3.05, 3.63) is 59.4 Å². The molecule has 0 spiro atoms. The number of methoxy groups -OCH3 is 1. The predicted octanol–water partition coefficient (Wildman–Crippen LogP) is 4.34. The van der Waals surface area contributed by atoms with E-state index in [1.165, 1.54) is 16.8 Å². The number of amides is 1. The van der Waals surface area contributed by atoms with Gasteiger partial charge in [0.2, 0.25) is 5.91 Å². The molecule has 152 valence electrons. The van der Waals surface area contributed by atoms with Gasteiger partial charge in [0.1, 0.15) is 11.3 Å². The molecular formula is C24H28N2O3.